The molecule has 0 radical (unpaired) electrons. The zero-order valence-electron chi connectivity index (χ0n) is 9.98. The predicted octanol–water partition coefficient (Wildman–Crippen LogP) is 1.42. The normalized spacial score (nSPS) is 17.8. The van der Waals surface area contributed by atoms with Crippen molar-refractivity contribution in [2.24, 2.45) is 5.92 Å². The molecule has 0 bridgehead atoms. The van der Waals surface area contributed by atoms with Crippen molar-refractivity contribution in [2.75, 3.05) is 19.8 Å². The fourth-order valence-electron chi connectivity index (χ4n) is 2.04. The maximum absolute atomic E-state index is 5.34. The molecule has 4 heteroatoms. The maximum atomic E-state index is 5.34. The molecule has 0 atom stereocenters. The third-order valence-corrected chi connectivity index (χ3v) is 3.11. The topological polar surface area (TPSA) is 39.1 Å². The molecule has 16 heavy (non-hydrogen) atoms. The SMILES string of the molecule is CCn1cc(CNCC2CCOCC2)cn1. The summed E-state index contributed by atoms with van der Waals surface area (Å²) in [5.41, 5.74) is 1.27. The molecule has 1 N–H and O–H groups in total. The highest BCUT2D eigenvalue weighted by Gasteiger charge is 2.12. The standard InChI is InChI=1S/C12H21N3O/c1-2-15-10-12(9-14-15)8-13-7-11-3-5-16-6-4-11/h9-11,13H,2-8H2,1H3. The second kappa shape index (κ2) is 6.01. The van der Waals surface area contributed by atoms with Crippen LogP contribution in [-0.4, -0.2) is 29.5 Å². The Morgan fingerprint density at radius 2 is 2.31 bits per heavy atom. The van der Waals surface area contributed by atoms with E-state index in [1.807, 2.05) is 10.9 Å². The molecular weight excluding hydrogens is 202 g/mol. The van der Waals surface area contributed by atoms with Gasteiger partial charge in [0.15, 0.2) is 0 Å². The van der Waals surface area contributed by atoms with Gasteiger partial charge in [-0.05, 0) is 32.2 Å². The molecule has 90 valence electrons. The lowest BCUT2D eigenvalue weighted by molar-refractivity contribution is 0.0662. The average Bonchev–Trinajstić information content (AvgIpc) is 2.78. The van der Waals surface area contributed by atoms with E-state index in [0.29, 0.717) is 0 Å². The summed E-state index contributed by atoms with van der Waals surface area (Å²) in [6.45, 7) is 6.93. The Morgan fingerprint density at radius 1 is 1.50 bits per heavy atom. The number of nitrogens with zero attached hydrogens (tertiary/aromatic N) is 2. The molecule has 1 aliphatic heterocycles. The molecule has 0 saturated carbocycles. The Bertz CT molecular complexity index is 305. The van der Waals surface area contributed by atoms with E-state index in [9.17, 15) is 0 Å². The van der Waals surface area contributed by atoms with E-state index < -0.39 is 0 Å². The van der Waals surface area contributed by atoms with Crippen molar-refractivity contribution >= 4 is 0 Å². The highest BCUT2D eigenvalue weighted by Crippen LogP contribution is 2.13. The van der Waals surface area contributed by atoms with Gasteiger partial charge in [-0.15, -0.1) is 0 Å². The fourth-order valence-corrected chi connectivity index (χ4v) is 2.04. The summed E-state index contributed by atoms with van der Waals surface area (Å²) < 4.78 is 7.30. The largest absolute Gasteiger partial charge is 0.381 e. The molecule has 0 unspecified atom stereocenters. The Labute approximate surface area is 97.0 Å². The number of ether oxygens (including phenoxy) is 1. The van der Waals surface area contributed by atoms with Gasteiger partial charge in [0.05, 0.1) is 6.20 Å². The minimum atomic E-state index is 0.787. The van der Waals surface area contributed by atoms with Crippen molar-refractivity contribution in [3.8, 4) is 0 Å². The minimum absolute atomic E-state index is 0.787. The van der Waals surface area contributed by atoms with Crippen LogP contribution in [0.2, 0.25) is 0 Å². The first kappa shape index (κ1) is 11.6. The van der Waals surface area contributed by atoms with Crippen molar-refractivity contribution in [1.29, 1.82) is 0 Å². The molecule has 0 aromatic carbocycles. The number of aromatic nitrogens is 2. The van der Waals surface area contributed by atoms with Crippen molar-refractivity contribution < 1.29 is 4.74 Å². The van der Waals surface area contributed by atoms with Gasteiger partial charge >= 0.3 is 0 Å². The molecule has 2 heterocycles. The molecule has 4 nitrogen and oxygen atoms in total. The Hall–Kier alpha value is -0.870. The zero-order chi connectivity index (χ0) is 11.2. The lowest BCUT2D eigenvalue weighted by atomic mass is 10.0. The Balaban J connectivity index is 1.66. The zero-order valence-corrected chi connectivity index (χ0v) is 9.98. The van der Waals surface area contributed by atoms with Crippen LogP contribution in [0.4, 0.5) is 0 Å². The first-order valence-corrected chi connectivity index (χ1v) is 6.18. The third-order valence-electron chi connectivity index (χ3n) is 3.11. The summed E-state index contributed by atoms with van der Waals surface area (Å²) in [5, 5.41) is 7.76. The van der Waals surface area contributed by atoms with Crippen LogP contribution in [-0.2, 0) is 17.8 Å². The van der Waals surface area contributed by atoms with E-state index >= 15 is 0 Å². The lowest BCUT2D eigenvalue weighted by Crippen LogP contribution is -2.27. The van der Waals surface area contributed by atoms with Crippen molar-refractivity contribution in [3.05, 3.63) is 18.0 Å². The van der Waals surface area contributed by atoms with Crippen LogP contribution >= 0.6 is 0 Å². The number of hydrogen-bond donors (Lipinski definition) is 1. The molecule has 0 aliphatic carbocycles. The predicted molar refractivity (Wildman–Crippen MR) is 63.2 cm³/mol. The van der Waals surface area contributed by atoms with E-state index in [1.54, 1.807) is 0 Å². The summed E-state index contributed by atoms with van der Waals surface area (Å²) >= 11 is 0. The van der Waals surface area contributed by atoms with Crippen LogP contribution < -0.4 is 5.32 Å². The summed E-state index contributed by atoms with van der Waals surface area (Å²) in [5.74, 6) is 0.787. The van der Waals surface area contributed by atoms with Crippen molar-refractivity contribution in [3.63, 3.8) is 0 Å². The molecule has 1 aromatic rings. The number of hydrogen-bond acceptors (Lipinski definition) is 3. The molecule has 1 aromatic heterocycles. The molecule has 0 amide bonds. The van der Waals surface area contributed by atoms with Crippen LogP contribution in [0.25, 0.3) is 0 Å². The maximum Gasteiger partial charge on any atom is 0.0534 e. The highest BCUT2D eigenvalue weighted by atomic mass is 16.5. The average molecular weight is 223 g/mol. The quantitative estimate of drug-likeness (QED) is 0.820. The highest BCUT2D eigenvalue weighted by molar-refractivity contribution is 5.03. The molecule has 1 saturated heterocycles. The van der Waals surface area contributed by atoms with E-state index in [0.717, 1.165) is 38.8 Å². The second-order valence-electron chi connectivity index (χ2n) is 4.39. The van der Waals surface area contributed by atoms with Gasteiger partial charge < -0.3 is 10.1 Å². The van der Waals surface area contributed by atoms with Crippen LogP contribution in [0.15, 0.2) is 12.4 Å². The first-order chi connectivity index (χ1) is 7.88. The molecule has 1 aliphatic rings. The van der Waals surface area contributed by atoms with Gasteiger partial charge in [0.25, 0.3) is 0 Å². The van der Waals surface area contributed by atoms with Crippen molar-refractivity contribution in [1.82, 2.24) is 15.1 Å². The number of nitrogens with one attached hydrogen (secondary N) is 1. The summed E-state index contributed by atoms with van der Waals surface area (Å²) in [7, 11) is 0. The Morgan fingerprint density at radius 3 is 3.00 bits per heavy atom. The molecular formula is C12H21N3O. The van der Waals surface area contributed by atoms with Gasteiger partial charge in [-0.1, -0.05) is 0 Å². The first-order valence-electron chi connectivity index (χ1n) is 6.18. The number of aryl methyl sites for hydroxylation is 1. The van der Waals surface area contributed by atoms with Gasteiger partial charge in [-0.2, -0.15) is 5.10 Å². The lowest BCUT2D eigenvalue weighted by Gasteiger charge is -2.22. The van der Waals surface area contributed by atoms with E-state index in [1.165, 1.54) is 18.4 Å². The van der Waals surface area contributed by atoms with E-state index in [-0.39, 0.29) is 0 Å². The van der Waals surface area contributed by atoms with Gasteiger partial charge in [0.2, 0.25) is 0 Å². The second-order valence-corrected chi connectivity index (χ2v) is 4.39. The van der Waals surface area contributed by atoms with Crippen LogP contribution in [0.5, 0.6) is 0 Å². The van der Waals surface area contributed by atoms with Crippen molar-refractivity contribution in [2.45, 2.75) is 32.9 Å². The van der Waals surface area contributed by atoms with Gasteiger partial charge in [0.1, 0.15) is 0 Å². The molecule has 1 fully saturated rings. The van der Waals surface area contributed by atoms with E-state index in [2.05, 4.69) is 23.5 Å². The van der Waals surface area contributed by atoms with Gasteiger partial charge in [0, 0.05) is 38.1 Å². The smallest absolute Gasteiger partial charge is 0.0534 e. The number of rotatable bonds is 5. The summed E-state index contributed by atoms with van der Waals surface area (Å²) in [4.78, 5) is 0. The van der Waals surface area contributed by atoms with Crippen LogP contribution in [0.1, 0.15) is 25.3 Å². The minimum Gasteiger partial charge on any atom is -0.381 e. The molecule has 0 spiro atoms. The van der Waals surface area contributed by atoms with E-state index in [4.69, 9.17) is 4.74 Å². The van der Waals surface area contributed by atoms with Gasteiger partial charge in [-0.25, -0.2) is 0 Å². The fraction of sp³-hybridized carbons (Fsp3) is 0.750. The monoisotopic (exact) mass is 223 g/mol. The molecule has 2 rings (SSSR count). The summed E-state index contributed by atoms with van der Waals surface area (Å²) in [6, 6.07) is 0. The third kappa shape index (κ3) is 3.32. The van der Waals surface area contributed by atoms with Crippen LogP contribution in [0.3, 0.4) is 0 Å². The van der Waals surface area contributed by atoms with Crippen LogP contribution in [0, 0.1) is 5.92 Å². The van der Waals surface area contributed by atoms with Gasteiger partial charge in [-0.3, -0.25) is 4.68 Å². The summed E-state index contributed by atoms with van der Waals surface area (Å²) in [6.07, 6.45) is 6.44. The Kier molecular flexibility index (Phi) is 4.36.